The zero-order chi connectivity index (χ0) is 14.4. The first kappa shape index (κ1) is 14.1. The van der Waals surface area contributed by atoms with E-state index in [0.717, 1.165) is 12.0 Å². The molecule has 0 amide bonds. The van der Waals surface area contributed by atoms with Crippen molar-refractivity contribution >= 4 is 5.97 Å². The van der Waals surface area contributed by atoms with Crippen LogP contribution in [-0.2, 0) is 0 Å². The molecule has 0 heterocycles. The van der Waals surface area contributed by atoms with Crippen molar-refractivity contribution in [2.75, 3.05) is 6.61 Å². The van der Waals surface area contributed by atoms with Gasteiger partial charge in [0, 0.05) is 0 Å². The topological polar surface area (TPSA) is 35.5 Å². The molecule has 0 spiro atoms. The number of esters is 1. The van der Waals surface area contributed by atoms with E-state index < -0.39 is 0 Å². The lowest BCUT2D eigenvalue weighted by Crippen LogP contribution is -2.08. The maximum Gasteiger partial charge on any atom is 0.343 e. The summed E-state index contributed by atoms with van der Waals surface area (Å²) in [5.74, 6) is 0.859. The van der Waals surface area contributed by atoms with Crippen molar-refractivity contribution in [3.05, 3.63) is 59.7 Å². The second-order valence-corrected chi connectivity index (χ2v) is 4.58. The quantitative estimate of drug-likeness (QED) is 0.608. The maximum absolute atomic E-state index is 12.1. The molecule has 0 aliphatic heterocycles. The van der Waals surface area contributed by atoms with Gasteiger partial charge in [0.15, 0.2) is 0 Å². The summed E-state index contributed by atoms with van der Waals surface area (Å²) in [7, 11) is 0. The molecule has 2 aromatic rings. The highest BCUT2D eigenvalue weighted by molar-refractivity contribution is 5.91. The van der Waals surface area contributed by atoms with Gasteiger partial charge < -0.3 is 9.47 Å². The summed E-state index contributed by atoms with van der Waals surface area (Å²) in [6.07, 6.45) is 0.929. The van der Waals surface area contributed by atoms with Crippen molar-refractivity contribution in [3.8, 4) is 11.5 Å². The number of carbonyl (C=O) groups excluding carboxylic acids is 1. The Kier molecular flexibility index (Phi) is 4.77. The molecule has 3 nitrogen and oxygen atoms in total. The Morgan fingerprint density at radius 1 is 1.05 bits per heavy atom. The lowest BCUT2D eigenvalue weighted by molar-refractivity contribution is 0.0734. The lowest BCUT2D eigenvalue weighted by atomic mass is 10.2. The van der Waals surface area contributed by atoms with E-state index in [0.29, 0.717) is 23.7 Å². The molecule has 104 valence electrons. The molecule has 0 fully saturated rings. The molecule has 0 aromatic heterocycles. The van der Waals surface area contributed by atoms with Crippen LogP contribution < -0.4 is 9.47 Å². The van der Waals surface area contributed by atoms with Crippen LogP contribution in [-0.4, -0.2) is 12.6 Å². The molecule has 0 atom stereocenters. The third kappa shape index (κ3) is 3.85. The van der Waals surface area contributed by atoms with Gasteiger partial charge >= 0.3 is 5.97 Å². The van der Waals surface area contributed by atoms with Gasteiger partial charge in [0.1, 0.15) is 11.5 Å². The summed E-state index contributed by atoms with van der Waals surface area (Å²) >= 11 is 0. The molecular formula is C17H18O3. The first-order valence-corrected chi connectivity index (χ1v) is 6.71. The van der Waals surface area contributed by atoms with Crippen molar-refractivity contribution in [3.63, 3.8) is 0 Å². The zero-order valence-electron chi connectivity index (χ0n) is 11.8. The molecule has 0 saturated carbocycles. The predicted octanol–water partition coefficient (Wildman–Crippen LogP) is 4.00. The second-order valence-electron chi connectivity index (χ2n) is 4.58. The normalized spacial score (nSPS) is 10.1. The van der Waals surface area contributed by atoms with E-state index in [1.54, 1.807) is 24.3 Å². The molecule has 0 unspecified atom stereocenters. The van der Waals surface area contributed by atoms with Crippen LogP contribution >= 0.6 is 0 Å². The predicted molar refractivity (Wildman–Crippen MR) is 78.4 cm³/mol. The zero-order valence-corrected chi connectivity index (χ0v) is 11.8. The van der Waals surface area contributed by atoms with Crippen LogP contribution in [0.3, 0.4) is 0 Å². The lowest BCUT2D eigenvalue weighted by Gasteiger charge is -2.07. The molecule has 3 heteroatoms. The maximum atomic E-state index is 12.1. The molecule has 2 aromatic carbocycles. The van der Waals surface area contributed by atoms with Crippen LogP contribution in [0.5, 0.6) is 11.5 Å². The van der Waals surface area contributed by atoms with Gasteiger partial charge in [-0.3, -0.25) is 0 Å². The largest absolute Gasteiger partial charge is 0.494 e. The van der Waals surface area contributed by atoms with Crippen LogP contribution in [0, 0.1) is 6.92 Å². The van der Waals surface area contributed by atoms with E-state index in [4.69, 9.17) is 9.47 Å². The minimum absolute atomic E-state index is 0.377. The van der Waals surface area contributed by atoms with Crippen molar-refractivity contribution in [1.29, 1.82) is 0 Å². The fourth-order valence-corrected chi connectivity index (χ4v) is 1.78. The number of rotatable bonds is 5. The van der Waals surface area contributed by atoms with Gasteiger partial charge in [-0.15, -0.1) is 0 Å². The Bertz CT molecular complexity index is 590. The number of carbonyl (C=O) groups is 1. The van der Waals surface area contributed by atoms with Crippen molar-refractivity contribution in [2.45, 2.75) is 20.3 Å². The van der Waals surface area contributed by atoms with E-state index in [9.17, 15) is 4.79 Å². The first-order chi connectivity index (χ1) is 9.69. The highest BCUT2D eigenvalue weighted by Gasteiger charge is 2.09. The van der Waals surface area contributed by atoms with E-state index in [1.807, 2.05) is 38.1 Å². The Morgan fingerprint density at radius 3 is 2.55 bits per heavy atom. The molecule has 2 rings (SSSR count). The Hall–Kier alpha value is -2.29. The fourth-order valence-electron chi connectivity index (χ4n) is 1.78. The molecule has 0 N–H and O–H groups in total. The van der Waals surface area contributed by atoms with Crippen molar-refractivity contribution < 1.29 is 14.3 Å². The third-order valence-electron chi connectivity index (χ3n) is 2.74. The van der Waals surface area contributed by atoms with Crippen LogP contribution in [0.2, 0.25) is 0 Å². The molecule has 0 bridgehead atoms. The molecular weight excluding hydrogens is 252 g/mol. The van der Waals surface area contributed by atoms with E-state index in [-0.39, 0.29) is 5.97 Å². The van der Waals surface area contributed by atoms with Gasteiger partial charge in [0.25, 0.3) is 0 Å². The molecule has 0 aliphatic rings. The summed E-state index contributed by atoms with van der Waals surface area (Å²) < 4.78 is 10.9. The number of aryl methyl sites for hydroxylation is 1. The SMILES string of the molecule is CCCOc1cccc(C(=O)Oc2cccc(C)c2)c1. The number of benzene rings is 2. The van der Waals surface area contributed by atoms with Gasteiger partial charge in [0.2, 0.25) is 0 Å². The fraction of sp³-hybridized carbons (Fsp3) is 0.235. The van der Waals surface area contributed by atoms with E-state index in [2.05, 4.69) is 0 Å². The summed E-state index contributed by atoms with van der Waals surface area (Å²) in [4.78, 5) is 12.1. The van der Waals surface area contributed by atoms with Gasteiger partial charge in [0.05, 0.1) is 12.2 Å². The van der Waals surface area contributed by atoms with Gasteiger partial charge in [-0.05, 0) is 49.2 Å². The summed E-state index contributed by atoms with van der Waals surface area (Å²) in [5, 5.41) is 0. The van der Waals surface area contributed by atoms with Crippen LogP contribution in [0.25, 0.3) is 0 Å². The Morgan fingerprint density at radius 2 is 1.80 bits per heavy atom. The Labute approximate surface area is 119 Å². The number of hydrogen-bond donors (Lipinski definition) is 0. The van der Waals surface area contributed by atoms with Crippen molar-refractivity contribution in [2.24, 2.45) is 0 Å². The van der Waals surface area contributed by atoms with Crippen LogP contribution in [0.15, 0.2) is 48.5 Å². The summed E-state index contributed by atoms with van der Waals surface area (Å²) in [6.45, 7) is 4.63. The van der Waals surface area contributed by atoms with E-state index in [1.165, 1.54) is 0 Å². The molecule has 0 radical (unpaired) electrons. The van der Waals surface area contributed by atoms with Crippen LogP contribution in [0.4, 0.5) is 0 Å². The molecule has 20 heavy (non-hydrogen) atoms. The molecule has 0 aliphatic carbocycles. The Balaban J connectivity index is 2.09. The van der Waals surface area contributed by atoms with E-state index >= 15 is 0 Å². The minimum atomic E-state index is -0.377. The summed E-state index contributed by atoms with van der Waals surface area (Å²) in [5.41, 5.74) is 1.54. The highest BCUT2D eigenvalue weighted by Crippen LogP contribution is 2.17. The minimum Gasteiger partial charge on any atom is -0.494 e. The number of hydrogen-bond acceptors (Lipinski definition) is 3. The first-order valence-electron chi connectivity index (χ1n) is 6.71. The number of ether oxygens (including phenoxy) is 2. The average molecular weight is 270 g/mol. The molecule has 0 saturated heterocycles. The third-order valence-corrected chi connectivity index (χ3v) is 2.74. The summed E-state index contributed by atoms with van der Waals surface area (Å²) in [6, 6.07) is 14.5. The second kappa shape index (κ2) is 6.75. The highest BCUT2D eigenvalue weighted by atomic mass is 16.5. The average Bonchev–Trinajstić information content (AvgIpc) is 2.45. The standard InChI is InChI=1S/C17H18O3/c1-3-10-19-15-8-5-7-14(12-15)17(18)20-16-9-4-6-13(2)11-16/h4-9,11-12H,3,10H2,1-2H3. The van der Waals surface area contributed by atoms with Crippen molar-refractivity contribution in [1.82, 2.24) is 0 Å². The van der Waals surface area contributed by atoms with Gasteiger partial charge in [-0.2, -0.15) is 0 Å². The van der Waals surface area contributed by atoms with Gasteiger partial charge in [-0.25, -0.2) is 4.79 Å². The van der Waals surface area contributed by atoms with Crippen LogP contribution in [0.1, 0.15) is 29.3 Å². The monoisotopic (exact) mass is 270 g/mol. The van der Waals surface area contributed by atoms with Gasteiger partial charge in [-0.1, -0.05) is 25.1 Å². The smallest absolute Gasteiger partial charge is 0.343 e.